The molecule has 4 heteroatoms. The van der Waals surface area contributed by atoms with Gasteiger partial charge in [-0.15, -0.1) is 0 Å². The van der Waals surface area contributed by atoms with Crippen molar-refractivity contribution >= 4 is 5.71 Å². The van der Waals surface area contributed by atoms with Crippen LogP contribution < -0.4 is 0 Å². The Labute approximate surface area is 156 Å². The van der Waals surface area contributed by atoms with E-state index in [1.54, 1.807) is 5.57 Å². The molecule has 1 heterocycles. The van der Waals surface area contributed by atoms with Gasteiger partial charge in [0.05, 0.1) is 12.0 Å². The highest BCUT2D eigenvalue weighted by Crippen LogP contribution is 2.67. The van der Waals surface area contributed by atoms with Gasteiger partial charge in [0.2, 0.25) is 0 Å². The van der Waals surface area contributed by atoms with Crippen molar-refractivity contribution in [2.75, 3.05) is 0 Å². The molecule has 0 saturated heterocycles. The number of hydrogen-bond acceptors (Lipinski definition) is 3. The Hall–Kier alpha value is -1.58. The van der Waals surface area contributed by atoms with E-state index in [9.17, 15) is 5.21 Å². The van der Waals surface area contributed by atoms with Crippen molar-refractivity contribution in [3.8, 4) is 0 Å². The van der Waals surface area contributed by atoms with Crippen LogP contribution in [-0.2, 0) is 0 Å². The lowest BCUT2D eigenvalue weighted by atomic mass is 9.47. The summed E-state index contributed by atoms with van der Waals surface area (Å²) in [4.78, 5) is 4.32. The van der Waals surface area contributed by atoms with Crippen molar-refractivity contribution in [3.05, 3.63) is 30.4 Å². The lowest BCUT2D eigenvalue weighted by Gasteiger charge is -2.58. The Balaban J connectivity index is 1.47. The molecule has 5 rings (SSSR count). The van der Waals surface area contributed by atoms with Gasteiger partial charge >= 0.3 is 0 Å². The van der Waals surface area contributed by atoms with Gasteiger partial charge in [-0.3, -0.25) is 0 Å². The largest absolute Gasteiger partial charge is 0.411 e. The first-order valence-electron chi connectivity index (χ1n) is 10.5. The van der Waals surface area contributed by atoms with Crippen molar-refractivity contribution in [1.29, 1.82) is 0 Å². The average Bonchev–Trinajstić information content (AvgIpc) is 3.27. The fourth-order valence-electron chi connectivity index (χ4n) is 7.57. The third-order valence-electron chi connectivity index (χ3n) is 8.94. The van der Waals surface area contributed by atoms with E-state index < -0.39 is 0 Å². The number of fused-ring (bicyclic) bond motifs is 5. The van der Waals surface area contributed by atoms with Gasteiger partial charge in [0.1, 0.15) is 0 Å². The molecule has 0 amide bonds. The van der Waals surface area contributed by atoms with E-state index in [4.69, 9.17) is 0 Å². The predicted octanol–water partition coefficient (Wildman–Crippen LogP) is 5.22. The maximum Gasteiger partial charge on any atom is 0.0948 e. The van der Waals surface area contributed by atoms with Crippen molar-refractivity contribution in [3.63, 3.8) is 0 Å². The zero-order valence-electron chi connectivity index (χ0n) is 16.1. The SMILES string of the molecule is CC12CC[C@@H]3C(CCC4=C/C(=N/O)CCC43C)C1CCC2n1ccnc1. The molecule has 26 heavy (non-hydrogen) atoms. The van der Waals surface area contributed by atoms with Crippen LogP contribution in [0.2, 0.25) is 0 Å². The fraction of sp³-hybridized carbons (Fsp3) is 0.727. The quantitative estimate of drug-likeness (QED) is 0.556. The summed E-state index contributed by atoms with van der Waals surface area (Å²) >= 11 is 0. The Kier molecular flexibility index (Phi) is 3.64. The number of oxime groups is 1. The predicted molar refractivity (Wildman–Crippen MR) is 102 cm³/mol. The second-order valence-electron chi connectivity index (χ2n) is 9.74. The fourth-order valence-corrected chi connectivity index (χ4v) is 7.57. The third-order valence-corrected chi connectivity index (χ3v) is 8.94. The van der Waals surface area contributed by atoms with Gasteiger partial charge in [0, 0.05) is 18.4 Å². The molecule has 4 nitrogen and oxygen atoms in total. The Morgan fingerprint density at radius 2 is 2.00 bits per heavy atom. The molecule has 0 aliphatic heterocycles. The van der Waals surface area contributed by atoms with E-state index in [0.717, 1.165) is 36.3 Å². The van der Waals surface area contributed by atoms with Gasteiger partial charge in [-0.05, 0) is 86.0 Å². The van der Waals surface area contributed by atoms with Crippen LogP contribution in [0.3, 0.4) is 0 Å². The van der Waals surface area contributed by atoms with Gasteiger partial charge in [-0.25, -0.2) is 4.98 Å². The number of imidazole rings is 1. The molecule has 0 radical (unpaired) electrons. The van der Waals surface area contributed by atoms with Crippen LogP contribution in [0.15, 0.2) is 35.5 Å². The molecule has 0 bridgehead atoms. The van der Waals surface area contributed by atoms with E-state index in [1.807, 2.05) is 12.5 Å². The Morgan fingerprint density at radius 1 is 1.12 bits per heavy atom. The van der Waals surface area contributed by atoms with Crippen molar-refractivity contribution in [1.82, 2.24) is 9.55 Å². The topological polar surface area (TPSA) is 50.4 Å². The van der Waals surface area contributed by atoms with Gasteiger partial charge in [0.25, 0.3) is 0 Å². The minimum absolute atomic E-state index is 0.325. The van der Waals surface area contributed by atoms with E-state index in [-0.39, 0.29) is 0 Å². The average molecular weight is 354 g/mol. The number of allylic oxidation sites excluding steroid dienone is 2. The summed E-state index contributed by atoms with van der Waals surface area (Å²) in [6, 6.07) is 0.625. The maximum atomic E-state index is 9.21. The number of nitrogens with zero attached hydrogens (tertiary/aromatic N) is 3. The van der Waals surface area contributed by atoms with Crippen molar-refractivity contribution < 1.29 is 5.21 Å². The second-order valence-corrected chi connectivity index (χ2v) is 9.74. The van der Waals surface area contributed by atoms with Crippen LogP contribution in [0.5, 0.6) is 0 Å². The molecule has 1 N–H and O–H groups in total. The molecule has 140 valence electrons. The van der Waals surface area contributed by atoms with Crippen LogP contribution in [0.1, 0.15) is 71.3 Å². The van der Waals surface area contributed by atoms with Crippen molar-refractivity contribution in [2.24, 2.45) is 33.7 Å². The second kappa shape index (κ2) is 5.71. The first-order chi connectivity index (χ1) is 12.6. The number of aromatic nitrogens is 2. The monoisotopic (exact) mass is 353 g/mol. The molecule has 1 aromatic rings. The number of rotatable bonds is 1. The molecular weight excluding hydrogens is 322 g/mol. The van der Waals surface area contributed by atoms with E-state index in [0.29, 0.717) is 16.9 Å². The van der Waals surface area contributed by atoms with Crippen LogP contribution in [0.25, 0.3) is 0 Å². The highest BCUT2D eigenvalue weighted by molar-refractivity contribution is 5.96. The van der Waals surface area contributed by atoms with E-state index in [2.05, 4.69) is 40.8 Å². The van der Waals surface area contributed by atoms with E-state index in [1.165, 1.54) is 38.5 Å². The summed E-state index contributed by atoms with van der Waals surface area (Å²) in [6.07, 6.45) is 18.3. The first kappa shape index (κ1) is 16.6. The zero-order valence-corrected chi connectivity index (χ0v) is 16.1. The lowest BCUT2D eigenvalue weighted by Crippen LogP contribution is -2.50. The smallest absolute Gasteiger partial charge is 0.0948 e. The molecule has 4 aliphatic carbocycles. The lowest BCUT2D eigenvalue weighted by molar-refractivity contribution is -0.0466. The molecule has 5 unspecified atom stereocenters. The summed E-state index contributed by atoms with van der Waals surface area (Å²) in [6.45, 7) is 5.07. The van der Waals surface area contributed by atoms with E-state index >= 15 is 0 Å². The minimum Gasteiger partial charge on any atom is -0.411 e. The molecule has 4 aliphatic rings. The van der Waals surface area contributed by atoms with Gasteiger partial charge < -0.3 is 9.77 Å². The maximum absolute atomic E-state index is 9.21. The minimum atomic E-state index is 0.325. The van der Waals surface area contributed by atoms with Crippen molar-refractivity contribution in [2.45, 2.75) is 71.3 Å². The summed E-state index contributed by atoms with van der Waals surface area (Å²) < 4.78 is 2.39. The molecule has 0 spiro atoms. The third kappa shape index (κ3) is 2.13. The first-order valence-corrected chi connectivity index (χ1v) is 10.5. The van der Waals surface area contributed by atoms with Crippen LogP contribution in [0.4, 0.5) is 0 Å². The Bertz CT molecular complexity index is 751. The highest BCUT2D eigenvalue weighted by Gasteiger charge is 2.59. The number of hydrogen-bond donors (Lipinski definition) is 1. The highest BCUT2D eigenvalue weighted by atomic mass is 16.4. The van der Waals surface area contributed by atoms with Crippen LogP contribution in [0, 0.1) is 28.6 Å². The molecule has 0 aromatic carbocycles. The van der Waals surface area contributed by atoms with Gasteiger partial charge in [0.15, 0.2) is 0 Å². The molecule has 1 aromatic heterocycles. The Morgan fingerprint density at radius 3 is 2.77 bits per heavy atom. The van der Waals surface area contributed by atoms with Gasteiger partial charge in [-0.2, -0.15) is 0 Å². The summed E-state index contributed by atoms with van der Waals surface area (Å²) in [5.74, 6) is 2.51. The molecule has 6 atom stereocenters. The standard InChI is InChI=1S/C22H31N3O/c1-21-9-7-16(24-26)13-15(21)3-4-17-18-5-6-20(25-12-11-23-14-25)22(18,2)10-8-19(17)21/h11-14,17-20,26H,3-10H2,1-2H3/b24-16+/t17?,18?,19-,20?,21?,22?/m1/s1. The zero-order chi connectivity index (χ0) is 17.9. The molecule has 3 fully saturated rings. The molecule has 3 saturated carbocycles. The summed E-state index contributed by atoms with van der Waals surface area (Å²) in [5, 5.41) is 12.7. The normalized spacial score (nSPS) is 46.4. The van der Waals surface area contributed by atoms with Gasteiger partial charge in [-0.1, -0.05) is 24.6 Å². The van der Waals surface area contributed by atoms with Crippen LogP contribution in [-0.4, -0.2) is 20.5 Å². The summed E-state index contributed by atoms with van der Waals surface area (Å²) in [7, 11) is 0. The summed E-state index contributed by atoms with van der Waals surface area (Å²) in [5.41, 5.74) is 3.19. The molecular formula is C22H31N3O. The van der Waals surface area contributed by atoms with Crippen LogP contribution >= 0.6 is 0 Å².